The van der Waals surface area contributed by atoms with Crippen LogP contribution in [-0.2, 0) is 4.74 Å². The SMILES string of the molecule is CC1=CC=CNC1(O)OC(C)C. The fourth-order valence-electron chi connectivity index (χ4n) is 1.05. The zero-order valence-corrected chi connectivity index (χ0v) is 7.66. The average Bonchev–Trinajstić information content (AvgIpc) is 1.94. The lowest BCUT2D eigenvalue weighted by molar-refractivity contribution is -0.210. The molecule has 0 aromatic heterocycles. The average molecular weight is 169 g/mol. The van der Waals surface area contributed by atoms with Gasteiger partial charge in [-0.05, 0) is 26.8 Å². The van der Waals surface area contributed by atoms with E-state index in [1.807, 2.05) is 32.9 Å². The molecule has 3 nitrogen and oxygen atoms in total. The van der Waals surface area contributed by atoms with Gasteiger partial charge in [0.15, 0.2) is 0 Å². The first-order valence-corrected chi connectivity index (χ1v) is 4.06. The first-order chi connectivity index (χ1) is 5.54. The molecule has 1 aliphatic rings. The lowest BCUT2D eigenvalue weighted by atomic mass is 10.1. The predicted molar refractivity (Wildman–Crippen MR) is 47.2 cm³/mol. The van der Waals surface area contributed by atoms with Gasteiger partial charge in [0.05, 0.1) is 6.10 Å². The monoisotopic (exact) mass is 169 g/mol. The van der Waals surface area contributed by atoms with Crippen LogP contribution in [0.4, 0.5) is 0 Å². The number of hydrogen-bond acceptors (Lipinski definition) is 3. The van der Waals surface area contributed by atoms with Crippen LogP contribution >= 0.6 is 0 Å². The quantitative estimate of drug-likeness (QED) is 0.609. The summed E-state index contributed by atoms with van der Waals surface area (Å²) in [5, 5.41) is 12.6. The van der Waals surface area contributed by atoms with E-state index < -0.39 is 5.91 Å². The van der Waals surface area contributed by atoms with E-state index in [1.54, 1.807) is 6.20 Å². The van der Waals surface area contributed by atoms with Crippen molar-refractivity contribution in [3.05, 3.63) is 23.9 Å². The Morgan fingerprint density at radius 2 is 2.25 bits per heavy atom. The van der Waals surface area contributed by atoms with E-state index in [2.05, 4.69) is 5.32 Å². The molecule has 0 fully saturated rings. The molecular formula is C9H15NO2. The van der Waals surface area contributed by atoms with Gasteiger partial charge in [0, 0.05) is 11.8 Å². The van der Waals surface area contributed by atoms with Crippen LogP contribution in [0.5, 0.6) is 0 Å². The molecule has 2 N–H and O–H groups in total. The van der Waals surface area contributed by atoms with E-state index in [4.69, 9.17) is 4.74 Å². The zero-order chi connectivity index (χ0) is 9.19. The Kier molecular flexibility index (Phi) is 2.55. The number of ether oxygens (including phenoxy) is 1. The van der Waals surface area contributed by atoms with Gasteiger partial charge in [-0.2, -0.15) is 0 Å². The second-order valence-corrected chi connectivity index (χ2v) is 3.16. The number of nitrogens with one attached hydrogen (secondary N) is 1. The molecule has 3 heteroatoms. The molecule has 0 radical (unpaired) electrons. The van der Waals surface area contributed by atoms with Gasteiger partial charge in [0.1, 0.15) is 0 Å². The molecule has 0 bridgehead atoms. The lowest BCUT2D eigenvalue weighted by Crippen LogP contribution is -2.48. The standard InChI is InChI=1S/C9H15NO2/c1-7(2)12-9(11)8(3)5-4-6-10-9/h4-7,10-11H,1-3H3. The van der Waals surface area contributed by atoms with Gasteiger partial charge in [0.2, 0.25) is 0 Å². The highest BCUT2D eigenvalue weighted by molar-refractivity contribution is 5.21. The minimum Gasteiger partial charge on any atom is -0.345 e. The van der Waals surface area contributed by atoms with Crippen molar-refractivity contribution >= 4 is 0 Å². The van der Waals surface area contributed by atoms with E-state index in [9.17, 15) is 5.11 Å². The van der Waals surface area contributed by atoms with Crippen molar-refractivity contribution in [2.45, 2.75) is 32.8 Å². The van der Waals surface area contributed by atoms with E-state index in [1.165, 1.54) is 0 Å². The van der Waals surface area contributed by atoms with Crippen molar-refractivity contribution < 1.29 is 9.84 Å². The second kappa shape index (κ2) is 3.29. The van der Waals surface area contributed by atoms with Crippen LogP contribution in [0.2, 0.25) is 0 Å². The third kappa shape index (κ3) is 1.87. The molecule has 0 saturated heterocycles. The van der Waals surface area contributed by atoms with Crippen molar-refractivity contribution in [2.75, 3.05) is 0 Å². The number of allylic oxidation sites excluding steroid dienone is 2. The molecule has 0 aromatic rings. The molecule has 68 valence electrons. The maximum absolute atomic E-state index is 9.86. The van der Waals surface area contributed by atoms with Crippen molar-refractivity contribution in [1.29, 1.82) is 0 Å². The van der Waals surface area contributed by atoms with Gasteiger partial charge >= 0.3 is 0 Å². The molecule has 1 atom stereocenters. The van der Waals surface area contributed by atoms with Crippen LogP contribution in [0.3, 0.4) is 0 Å². The molecule has 1 heterocycles. The minimum atomic E-state index is -1.32. The summed E-state index contributed by atoms with van der Waals surface area (Å²) in [7, 11) is 0. The van der Waals surface area contributed by atoms with Crippen LogP contribution < -0.4 is 5.32 Å². The van der Waals surface area contributed by atoms with Gasteiger partial charge in [-0.25, -0.2) is 0 Å². The van der Waals surface area contributed by atoms with E-state index in [-0.39, 0.29) is 6.10 Å². The number of aliphatic hydroxyl groups is 1. The Morgan fingerprint density at radius 3 is 2.75 bits per heavy atom. The van der Waals surface area contributed by atoms with Crippen molar-refractivity contribution in [3.8, 4) is 0 Å². The molecule has 1 rings (SSSR count). The Labute approximate surface area is 72.7 Å². The molecule has 0 spiro atoms. The Morgan fingerprint density at radius 1 is 1.58 bits per heavy atom. The summed E-state index contributed by atoms with van der Waals surface area (Å²) in [5.74, 6) is -1.32. The van der Waals surface area contributed by atoms with Gasteiger partial charge < -0.3 is 15.2 Å². The maximum atomic E-state index is 9.86. The third-order valence-corrected chi connectivity index (χ3v) is 1.66. The summed E-state index contributed by atoms with van der Waals surface area (Å²) >= 11 is 0. The number of hydrogen-bond donors (Lipinski definition) is 2. The first-order valence-electron chi connectivity index (χ1n) is 4.06. The van der Waals surface area contributed by atoms with Gasteiger partial charge in [-0.1, -0.05) is 6.08 Å². The topological polar surface area (TPSA) is 41.5 Å². The highest BCUT2D eigenvalue weighted by Gasteiger charge is 2.30. The van der Waals surface area contributed by atoms with Gasteiger partial charge in [-0.15, -0.1) is 0 Å². The summed E-state index contributed by atoms with van der Waals surface area (Å²) in [5.41, 5.74) is 0.763. The fraction of sp³-hybridized carbons (Fsp3) is 0.556. The summed E-state index contributed by atoms with van der Waals surface area (Å²) in [4.78, 5) is 0. The molecule has 0 amide bonds. The van der Waals surface area contributed by atoms with Crippen LogP contribution in [0.1, 0.15) is 20.8 Å². The van der Waals surface area contributed by atoms with Crippen molar-refractivity contribution in [3.63, 3.8) is 0 Å². The number of dihydropyridines is 1. The van der Waals surface area contributed by atoms with E-state index in [0.29, 0.717) is 0 Å². The first kappa shape index (κ1) is 9.29. The summed E-state index contributed by atoms with van der Waals surface area (Å²) < 4.78 is 5.32. The molecule has 12 heavy (non-hydrogen) atoms. The Balaban J connectivity index is 2.71. The predicted octanol–water partition coefficient (Wildman–Crippen LogP) is 1.12. The highest BCUT2D eigenvalue weighted by Crippen LogP contribution is 2.19. The van der Waals surface area contributed by atoms with Crippen molar-refractivity contribution in [2.24, 2.45) is 0 Å². The van der Waals surface area contributed by atoms with E-state index in [0.717, 1.165) is 5.57 Å². The molecular weight excluding hydrogens is 154 g/mol. The van der Waals surface area contributed by atoms with Crippen molar-refractivity contribution in [1.82, 2.24) is 5.32 Å². The zero-order valence-electron chi connectivity index (χ0n) is 7.66. The summed E-state index contributed by atoms with van der Waals surface area (Å²) in [6.45, 7) is 5.58. The maximum Gasteiger partial charge on any atom is 0.270 e. The molecule has 0 saturated carbocycles. The fourth-order valence-corrected chi connectivity index (χ4v) is 1.05. The van der Waals surface area contributed by atoms with Gasteiger partial charge in [-0.3, -0.25) is 0 Å². The van der Waals surface area contributed by atoms with Crippen LogP contribution in [-0.4, -0.2) is 17.1 Å². The normalized spacial score (nSPS) is 28.6. The molecule has 1 unspecified atom stereocenters. The van der Waals surface area contributed by atoms with E-state index >= 15 is 0 Å². The summed E-state index contributed by atoms with van der Waals surface area (Å²) in [6, 6.07) is 0. The van der Waals surface area contributed by atoms with Gasteiger partial charge in [0.25, 0.3) is 5.91 Å². The smallest absolute Gasteiger partial charge is 0.270 e. The largest absolute Gasteiger partial charge is 0.345 e. The van der Waals surface area contributed by atoms with Crippen LogP contribution in [0.15, 0.2) is 23.9 Å². The second-order valence-electron chi connectivity index (χ2n) is 3.16. The van der Waals surface area contributed by atoms with Crippen LogP contribution in [0, 0.1) is 0 Å². The summed E-state index contributed by atoms with van der Waals surface area (Å²) in [6.07, 6.45) is 5.29. The molecule has 0 aliphatic carbocycles. The Bertz CT molecular complexity index is 221. The Hall–Kier alpha value is -0.800. The third-order valence-electron chi connectivity index (χ3n) is 1.66. The molecule has 1 aliphatic heterocycles. The highest BCUT2D eigenvalue weighted by atomic mass is 16.6. The van der Waals surface area contributed by atoms with Crippen LogP contribution in [0.25, 0.3) is 0 Å². The minimum absolute atomic E-state index is 0.0163. The lowest BCUT2D eigenvalue weighted by Gasteiger charge is -2.32. The number of rotatable bonds is 2. The molecule has 0 aromatic carbocycles.